The Labute approximate surface area is 118 Å². The number of rotatable bonds is 4. The highest BCUT2D eigenvalue weighted by Gasteiger charge is 2.15. The standard InChI is InChI=1S/C15H17ClN2O/c1-4-5-11-14(17-9-18-15(11)16)12-8-10(2)6-7-13(12)19-3/h6-9H,4-5H2,1-3H3. The third-order valence-corrected chi connectivity index (χ3v) is 3.33. The lowest BCUT2D eigenvalue weighted by molar-refractivity contribution is 0.416. The first kappa shape index (κ1) is 13.8. The second-order valence-corrected chi connectivity index (χ2v) is 4.80. The molecule has 1 aromatic heterocycles. The summed E-state index contributed by atoms with van der Waals surface area (Å²) in [5.74, 6) is 0.803. The Hall–Kier alpha value is -1.61. The highest BCUT2D eigenvalue weighted by molar-refractivity contribution is 6.30. The summed E-state index contributed by atoms with van der Waals surface area (Å²) in [7, 11) is 1.66. The average Bonchev–Trinajstić information content (AvgIpc) is 2.41. The van der Waals surface area contributed by atoms with Crippen LogP contribution in [-0.4, -0.2) is 17.1 Å². The third kappa shape index (κ3) is 2.87. The Morgan fingerprint density at radius 2 is 2.05 bits per heavy atom. The summed E-state index contributed by atoms with van der Waals surface area (Å²) in [6.45, 7) is 4.16. The van der Waals surface area contributed by atoms with Gasteiger partial charge in [0.25, 0.3) is 0 Å². The van der Waals surface area contributed by atoms with Crippen molar-refractivity contribution in [3.63, 3.8) is 0 Å². The van der Waals surface area contributed by atoms with Crippen molar-refractivity contribution in [3.8, 4) is 17.0 Å². The molecule has 0 unspecified atom stereocenters. The number of hydrogen-bond donors (Lipinski definition) is 0. The van der Waals surface area contributed by atoms with Crippen LogP contribution in [0.2, 0.25) is 5.15 Å². The lowest BCUT2D eigenvalue weighted by Gasteiger charge is -2.13. The first-order valence-electron chi connectivity index (χ1n) is 6.31. The fourth-order valence-electron chi connectivity index (χ4n) is 2.10. The maximum Gasteiger partial charge on any atom is 0.136 e. The molecule has 0 fully saturated rings. The van der Waals surface area contributed by atoms with Crippen LogP contribution in [0.1, 0.15) is 24.5 Å². The Morgan fingerprint density at radius 1 is 1.26 bits per heavy atom. The highest BCUT2D eigenvalue weighted by atomic mass is 35.5. The Morgan fingerprint density at radius 3 is 2.74 bits per heavy atom. The van der Waals surface area contributed by atoms with E-state index in [1.807, 2.05) is 19.1 Å². The molecule has 2 aromatic rings. The molecule has 0 saturated carbocycles. The quantitative estimate of drug-likeness (QED) is 0.790. The van der Waals surface area contributed by atoms with Gasteiger partial charge in [0.15, 0.2) is 0 Å². The maximum atomic E-state index is 6.20. The molecule has 0 saturated heterocycles. The fourth-order valence-corrected chi connectivity index (χ4v) is 2.33. The Kier molecular flexibility index (Phi) is 4.38. The van der Waals surface area contributed by atoms with Crippen molar-refractivity contribution >= 4 is 11.6 Å². The molecule has 0 N–H and O–H groups in total. The Bertz CT molecular complexity index is 584. The number of hydrogen-bond acceptors (Lipinski definition) is 3. The molecule has 0 aliphatic carbocycles. The van der Waals surface area contributed by atoms with Gasteiger partial charge < -0.3 is 4.74 Å². The van der Waals surface area contributed by atoms with Crippen LogP contribution in [0.3, 0.4) is 0 Å². The number of benzene rings is 1. The van der Waals surface area contributed by atoms with Gasteiger partial charge in [-0.05, 0) is 25.5 Å². The second kappa shape index (κ2) is 6.02. The number of ether oxygens (including phenoxy) is 1. The molecule has 0 aliphatic heterocycles. The van der Waals surface area contributed by atoms with E-state index in [1.54, 1.807) is 7.11 Å². The zero-order chi connectivity index (χ0) is 13.8. The van der Waals surface area contributed by atoms with Gasteiger partial charge in [-0.2, -0.15) is 0 Å². The molecule has 0 bridgehead atoms. The van der Waals surface area contributed by atoms with Crippen molar-refractivity contribution < 1.29 is 4.74 Å². The molecule has 0 amide bonds. The molecule has 1 aromatic carbocycles. The van der Waals surface area contributed by atoms with Crippen molar-refractivity contribution in [2.75, 3.05) is 7.11 Å². The van der Waals surface area contributed by atoms with Gasteiger partial charge >= 0.3 is 0 Å². The van der Waals surface area contributed by atoms with Crippen LogP contribution in [0.5, 0.6) is 5.75 Å². The largest absolute Gasteiger partial charge is 0.496 e. The summed E-state index contributed by atoms with van der Waals surface area (Å²) in [4.78, 5) is 8.48. The van der Waals surface area contributed by atoms with Crippen LogP contribution in [0, 0.1) is 6.92 Å². The lowest BCUT2D eigenvalue weighted by Crippen LogP contribution is -1.99. The molecule has 1 heterocycles. The summed E-state index contributed by atoms with van der Waals surface area (Å²) < 4.78 is 5.42. The minimum atomic E-state index is 0.524. The Balaban J connectivity index is 2.64. The SMILES string of the molecule is CCCc1c(Cl)ncnc1-c1cc(C)ccc1OC. The van der Waals surface area contributed by atoms with E-state index in [-0.39, 0.29) is 0 Å². The van der Waals surface area contributed by atoms with Crippen LogP contribution in [0.25, 0.3) is 11.3 Å². The summed E-state index contributed by atoms with van der Waals surface area (Å²) in [6.07, 6.45) is 3.35. The van der Waals surface area contributed by atoms with E-state index in [4.69, 9.17) is 16.3 Å². The van der Waals surface area contributed by atoms with Crippen LogP contribution < -0.4 is 4.74 Å². The number of aryl methyl sites for hydroxylation is 1. The third-order valence-electron chi connectivity index (χ3n) is 3.00. The van der Waals surface area contributed by atoms with E-state index < -0.39 is 0 Å². The van der Waals surface area contributed by atoms with Gasteiger partial charge in [-0.1, -0.05) is 36.6 Å². The van der Waals surface area contributed by atoms with E-state index in [0.717, 1.165) is 41.0 Å². The van der Waals surface area contributed by atoms with Crippen LogP contribution in [0.4, 0.5) is 0 Å². The van der Waals surface area contributed by atoms with E-state index in [0.29, 0.717) is 5.15 Å². The van der Waals surface area contributed by atoms with Crippen LogP contribution in [-0.2, 0) is 6.42 Å². The van der Waals surface area contributed by atoms with Gasteiger partial charge in [-0.25, -0.2) is 9.97 Å². The van der Waals surface area contributed by atoms with Gasteiger partial charge in [0.05, 0.1) is 12.8 Å². The molecule has 0 aliphatic rings. The smallest absolute Gasteiger partial charge is 0.136 e. The van der Waals surface area contributed by atoms with E-state index in [2.05, 4.69) is 23.0 Å². The first-order chi connectivity index (χ1) is 9.17. The summed E-state index contributed by atoms with van der Waals surface area (Å²) in [5.41, 5.74) is 3.97. The predicted octanol–water partition coefficient (Wildman–Crippen LogP) is 4.07. The fraction of sp³-hybridized carbons (Fsp3) is 0.333. The van der Waals surface area contributed by atoms with E-state index in [1.165, 1.54) is 6.33 Å². The van der Waals surface area contributed by atoms with Crippen molar-refractivity contribution in [2.24, 2.45) is 0 Å². The summed E-state index contributed by atoms with van der Waals surface area (Å²) in [6, 6.07) is 6.04. The van der Waals surface area contributed by atoms with Crippen molar-refractivity contribution in [3.05, 3.63) is 40.8 Å². The van der Waals surface area contributed by atoms with Crippen molar-refractivity contribution in [1.29, 1.82) is 0 Å². The normalized spacial score (nSPS) is 10.5. The van der Waals surface area contributed by atoms with Gasteiger partial charge in [0.1, 0.15) is 17.2 Å². The highest BCUT2D eigenvalue weighted by Crippen LogP contribution is 2.34. The zero-order valence-electron chi connectivity index (χ0n) is 11.4. The van der Waals surface area contributed by atoms with Crippen molar-refractivity contribution in [2.45, 2.75) is 26.7 Å². The maximum absolute atomic E-state index is 6.20. The minimum Gasteiger partial charge on any atom is -0.496 e. The van der Waals surface area contributed by atoms with Gasteiger partial charge in [-0.3, -0.25) is 0 Å². The first-order valence-corrected chi connectivity index (χ1v) is 6.69. The number of halogens is 1. The van der Waals surface area contributed by atoms with E-state index in [9.17, 15) is 0 Å². The minimum absolute atomic E-state index is 0.524. The van der Waals surface area contributed by atoms with Crippen molar-refractivity contribution in [1.82, 2.24) is 9.97 Å². The topological polar surface area (TPSA) is 35.0 Å². The molecular weight excluding hydrogens is 260 g/mol. The second-order valence-electron chi connectivity index (χ2n) is 4.45. The molecule has 0 atom stereocenters. The predicted molar refractivity (Wildman–Crippen MR) is 77.8 cm³/mol. The number of nitrogens with zero attached hydrogens (tertiary/aromatic N) is 2. The van der Waals surface area contributed by atoms with E-state index >= 15 is 0 Å². The number of methoxy groups -OCH3 is 1. The molecule has 0 spiro atoms. The van der Waals surface area contributed by atoms with Crippen LogP contribution in [0.15, 0.2) is 24.5 Å². The molecule has 100 valence electrons. The molecular formula is C15H17ClN2O. The number of aromatic nitrogens is 2. The zero-order valence-corrected chi connectivity index (χ0v) is 12.2. The van der Waals surface area contributed by atoms with Gasteiger partial charge in [0.2, 0.25) is 0 Å². The average molecular weight is 277 g/mol. The lowest BCUT2D eigenvalue weighted by atomic mass is 10.0. The molecule has 0 radical (unpaired) electrons. The molecule has 19 heavy (non-hydrogen) atoms. The summed E-state index contributed by atoms with van der Waals surface area (Å²) in [5, 5.41) is 0.524. The molecule has 2 rings (SSSR count). The monoisotopic (exact) mass is 276 g/mol. The van der Waals surface area contributed by atoms with Crippen LogP contribution >= 0.6 is 11.6 Å². The molecule has 3 nitrogen and oxygen atoms in total. The van der Waals surface area contributed by atoms with Gasteiger partial charge in [-0.15, -0.1) is 0 Å². The van der Waals surface area contributed by atoms with Gasteiger partial charge in [0, 0.05) is 11.1 Å². The molecule has 4 heteroatoms. The summed E-state index contributed by atoms with van der Waals surface area (Å²) >= 11 is 6.20.